The van der Waals surface area contributed by atoms with Gasteiger partial charge in [-0.2, -0.15) is 4.98 Å². The number of hydrogen-bond acceptors (Lipinski definition) is 5. The van der Waals surface area contributed by atoms with Crippen LogP contribution in [0, 0.1) is 0 Å². The highest BCUT2D eigenvalue weighted by Gasteiger charge is 2.20. The van der Waals surface area contributed by atoms with Gasteiger partial charge in [0.2, 0.25) is 11.8 Å². The molecule has 0 saturated carbocycles. The van der Waals surface area contributed by atoms with Crippen molar-refractivity contribution >= 4 is 17.2 Å². The Labute approximate surface area is 141 Å². The van der Waals surface area contributed by atoms with Gasteiger partial charge in [0, 0.05) is 35.6 Å². The molecule has 0 aliphatic carbocycles. The SMILES string of the molecule is C[C@@H](Cc1cccs1)NC(=O)CCCc1nc(C(C)(C)C)no1. The van der Waals surface area contributed by atoms with Crippen LogP contribution in [0.5, 0.6) is 0 Å². The maximum atomic E-state index is 12.0. The van der Waals surface area contributed by atoms with Crippen molar-refractivity contribution in [2.24, 2.45) is 0 Å². The lowest BCUT2D eigenvalue weighted by Gasteiger charge is -2.12. The molecule has 1 amide bonds. The van der Waals surface area contributed by atoms with Crippen LogP contribution in [0.2, 0.25) is 0 Å². The zero-order valence-electron chi connectivity index (χ0n) is 14.3. The fourth-order valence-corrected chi connectivity index (χ4v) is 3.03. The number of aryl methyl sites for hydroxylation is 1. The van der Waals surface area contributed by atoms with E-state index < -0.39 is 0 Å². The van der Waals surface area contributed by atoms with E-state index in [1.165, 1.54) is 4.88 Å². The molecule has 0 aliphatic rings. The zero-order valence-corrected chi connectivity index (χ0v) is 15.1. The molecular weight excluding hydrogens is 310 g/mol. The number of amides is 1. The highest BCUT2D eigenvalue weighted by atomic mass is 32.1. The molecule has 0 fully saturated rings. The van der Waals surface area contributed by atoms with Gasteiger partial charge in [-0.3, -0.25) is 4.79 Å². The molecule has 0 bridgehead atoms. The number of rotatable bonds is 7. The van der Waals surface area contributed by atoms with Crippen LogP contribution in [0.3, 0.4) is 0 Å². The molecule has 0 saturated heterocycles. The molecule has 2 heterocycles. The first kappa shape index (κ1) is 17.7. The molecule has 2 aromatic heterocycles. The summed E-state index contributed by atoms with van der Waals surface area (Å²) < 4.78 is 5.23. The monoisotopic (exact) mass is 335 g/mol. The molecule has 0 unspecified atom stereocenters. The topological polar surface area (TPSA) is 68.0 Å². The summed E-state index contributed by atoms with van der Waals surface area (Å²) in [4.78, 5) is 17.6. The zero-order chi connectivity index (χ0) is 16.9. The van der Waals surface area contributed by atoms with Crippen molar-refractivity contribution in [1.82, 2.24) is 15.5 Å². The summed E-state index contributed by atoms with van der Waals surface area (Å²) >= 11 is 1.72. The summed E-state index contributed by atoms with van der Waals surface area (Å²) in [5.41, 5.74) is -0.115. The highest BCUT2D eigenvalue weighted by molar-refractivity contribution is 7.09. The smallest absolute Gasteiger partial charge is 0.226 e. The van der Waals surface area contributed by atoms with Crippen LogP contribution in [0.4, 0.5) is 0 Å². The van der Waals surface area contributed by atoms with E-state index in [-0.39, 0.29) is 17.4 Å². The second-order valence-corrected chi connectivity index (χ2v) is 7.90. The Morgan fingerprint density at radius 3 is 2.83 bits per heavy atom. The molecule has 6 heteroatoms. The van der Waals surface area contributed by atoms with Gasteiger partial charge in [0.05, 0.1) is 0 Å². The minimum absolute atomic E-state index is 0.0737. The van der Waals surface area contributed by atoms with E-state index >= 15 is 0 Å². The number of hydrogen-bond donors (Lipinski definition) is 1. The van der Waals surface area contributed by atoms with Gasteiger partial charge in [-0.1, -0.05) is 32.0 Å². The third-order valence-electron chi connectivity index (χ3n) is 3.43. The minimum Gasteiger partial charge on any atom is -0.353 e. The lowest BCUT2D eigenvalue weighted by Crippen LogP contribution is -2.33. The van der Waals surface area contributed by atoms with E-state index in [0.717, 1.165) is 6.42 Å². The van der Waals surface area contributed by atoms with Gasteiger partial charge in [0.15, 0.2) is 5.82 Å². The van der Waals surface area contributed by atoms with Crippen molar-refractivity contribution in [2.75, 3.05) is 0 Å². The van der Waals surface area contributed by atoms with Crippen LogP contribution in [0.15, 0.2) is 22.0 Å². The fourth-order valence-electron chi connectivity index (χ4n) is 2.19. The summed E-state index contributed by atoms with van der Waals surface area (Å²) in [6.07, 6.45) is 2.70. The molecular formula is C17H25N3O2S. The summed E-state index contributed by atoms with van der Waals surface area (Å²) in [6, 6.07) is 4.28. The Balaban J connectivity index is 1.69. The maximum absolute atomic E-state index is 12.0. The Morgan fingerprint density at radius 2 is 2.22 bits per heavy atom. The van der Waals surface area contributed by atoms with Gasteiger partial charge >= 0.3 is 0 Å². The van der Waals surface area contributed by atoms with E-state index in [2.05, 4.69) is 26.9 Å². The lowest BCUT2D eigenvalue weighted by atomic mass is 9.96. The fraction of sp³-hybridized carbons (Fsp3) is 0.588. The first-order valence-electron chi connectivity index (χ1n) is 7.99. The van der Waals surface area contributed by atoms with Crippen LogP contribution in [0.1, 0.15) is 57.1 Å². The molecule has 5 nitrogen and oxygen atoms in total. The second-order valence-electron chi connectivity index (χ2n) is 6.87. The number of nitrogens with zero attached hydrogens (tertiary/aromatic N) is 2. The molecule has 0 radical (unpaired) electrons. The first-order chi connectivity index (χ1) is 10.8. The van der Waals surface area contributed by atoms with Gasteiger partial charge < -0.3 is 9.84 Å². The lowest BCUT2D eigenvalue weighted by molar-refractivity contribution is -0.121. The Bertz CT molecular complexity index is 614. The summed E-state index contributed by atoms with van der Waals surface area (Å²) in [6.45, 7) is 8.17. The van der Waals surface area contributed by atoms with Gasteiger partial charge in [-0.25, -0.2) is 0 Å². The molecule has 126 valence electrons. The van der Waals surface area contributed by atoms with Crippen LogP contribution in [0.25, 0.3) is 0 Å². The molecule has 0 aliphatic heterocycles. The molecule has 2 rings (SSSR count). The van der Waals surface area contributed by atoms with E-state index in [1.54, 1.807) is 11.3 Å². The van der Waals surface area contributed by atoms with E-state index in [9.17, 15) is 4.79 Å². The van der Waals surface area contributed by atoms with Crippen molar-refractivity contribution in [2.45, 2.75) is 64.8 Å². The third-order valence-corrected chi connectivity index (χ3v) is 4.33. The van der Waals surface area contributed by atoms with Crippen LogP contribution in [-0.4, -0.2) is 22.1 Å². The predicted octanol–water partition coefficient (Wildman–Crippen LogP) is 3.50. The van der Waals surface area contributed by atoms with Crippen LogP contribution < -0.4 is 5.32 Å². The first-order valence-corrected chi connectivity index (χ1v) is 8.87. The maximum Gasteiger partial charge on any atom is 0.226 e. The highest BCUT2D eigenvalue weighted by Crippen LogP contribution is 2.19. The predicted molar refractivity (Wildman–Crippen MR) is 91.6 cm³/mol. The molecule has 0 spiro atoms. The standard InChI is InChI=1S/C17H25N3O2S/c1-12(11-13-7-6-10-23-13)18-14(21)8-5-9-15-19-16(20-22-15)17(2,3)4/h6-7,10,12H,5,8-9,11H2,1-4H3,(H,18,21)/t12-/m0/s1. The largest absolute Gasteiger partial charge is 0.353 e. The summed E-state index contributed by atoms with van der Waals surface area (Å²) in [7, 11) is 0. The molecule has 1 N–H and O–H groups in total. The van der Waals surface area contributed by atoms with E-state index in [0.29, 0.717) is 31.0 Å². The van der Waals surface area contributed by atoms with Crippen molar-refractivity contribution in [1.29, 1.82) is 0 Å². The molecule has 0 aromatic carbocycles. The Hall–Kier alpha value is -1.69. The second kappa shape index (κ2) is 7.73. The average molecular weight is 335 g/mol. The minimum atomic E-state index is -0.115. The average Bonchev–Trinajstić information content (AvgIpc) is 3.09. The van der Waals surface area contributed by atoms with Gasteiger partial charge in [0.1, 0.15) is 0 Å². The van der Waals surface area contributed by atoms with Gasteiger partial charge in [-0.05, 0) is 24.8 Å². The number of aromatic nitrogens is 2. The van der Waals surface area contributed by atoms with Gasteiger partial charge in [0.25, 0.3) is 0 Å². The van der Waals surface area contributed by atoms with Crippen molar-refractivity contribution < 1.29 is 9.32 Å². The number of thiophene rings is 1. The number of nitrogens with one attached hydrogen (secondary N) is 1. The molecule has 23 heavy (non-hydrogen) atoms. The number of carbonyl (C=O) groups excluding carboxylic acids is 1. The van der Waals surface area contributed by atoms with Crippen molar-refractivity contribution in [3.8, 4) is 0 Å². The van der Waals surface area contributed by atoms with Crippen LogP contribution >= 0.6 is 11.3 Å². The Kier molecular flexibility index (Phi) is 5.93. The normalized spacial score (nSPS) is 13.0. The van der Waals surface area contributed by atoms with E-state index in [4.69, 9.17) is 4.52 Å². The molecule has 2 aromatic rings. The summed E-state index contributed by atoms with van der Waals surface area (Å²) in [5.74, 6) is 1.39. The van der Waals surface area contributed by atoms with Crippen molar-refractivity contribution in [3.05, 3.63) is 34.1 Å². The van der Waals surface area contributed by atoms with Gasteiger partial charge in [-0.15, -0.1) is 11.3 Å². The Morgan fingerprint density at radius 1 is 1.43 bits per heavy atom. The van der Waals surface area contributed by atoms with Crippen LogP contribution in [-0.2, 0) is 23.1 Å². The van der Waals surface area contributed by atoms with Crippen molar-refractivity contribution in [3.63, 3.8) is 0 Å². The quantitative estimate of drug-likeness (QED) is 0.841. The van der Waals surface area contributed by atoms with E-state index in [1.807, 2.05) is 33.8 Å². The summed E-state index contributed by atoms with van der Waals surface area (Å²) in [5, 5.41) is 9.08. The molecule has 1 atom stereocenters. The third kappa shape index (κ3) is 5.78. The number of carbonyl (C=O) groups is 1.